The summed E-state index contributed by atoms with van der Waals surface area (Å²) in [6.45, 7) is 8.32. The number of nitrogens with one attached hydrogen (secondary N) is 5. The molecule has 2 aromatic rings. The molecule has 3 aliphatic rings. The number of hydrogen-bond acceptors (Lipinski definition) is 6. The average molecular weight is 574 g/mol. The molecule has 10 nitrogen and oxygen atoms in total. The quantitative estimate of drug-likeness (QED) is 0.383. The Hall–Kier alpha value is -2.89. The number of rotatable bonds is 4. The van der Waals surface area contributed by atoms with Crippen LogP contribution in [0.1, 0.15) is 44.1 Å². The zero-order chi connectivity index (χ0) is 27.9. The van der Waals surface area contributed by atoms with Crippen LogP contribution in [0.25, 0.3) is 10.9 Å². The van der Waals surface area contributed by atoms with Gasteiger partial charge in [0.15, 0.2) is 5.37 Å². The lowest BCUT2D eigenvalue weighted by Crippen LogP contribution is -2.64. The number of thioether (sulfide) groups is 1. The van der Waals surface area contributed by atoms with Gasteiger partial charge in [-0.2, -0.15) is 0 Å². The predicted octanol–water partition coefficient (Wildman–Crippen LogP) is 2.83. The van der Waals surface area contributed by atoms with Crippen LogP contribution >= 0.6 is 23.4 Å². The van der Waals surface area contributed by atoms with Crippen LogP contribution < -0.4 is 21.3 Å². The van der Waals surface area contributed by atoms with Gasteiger partial charge < -0.3 is 36.1 Å². The summed E-state index contributed by atoms with van der Waals surface area (Å²) in [7, 11) is 2.08. The molecule has 1 unspecified atom stereocenters. The highest BCUT2D eigenvalue weighted by Crippen LogP contribution is 2.35. The summed E-state index contributed by atoms with van der Waals surface area (Å²) in [6, 6.07) is 6.18. The van der Waals surface area contributed by atoms with Crippen LogP contribution in [-0.2, 0) is 4.79 Å². The fourth-order valence-corrected chi connectivity index (χ4v) is 6.60. The molecule has 12 heteroatoms. The zero-order valence-corrected chi connectivity index (χ0v) is 24.3. The van der Waals surface area contributed by atoms with E-state index in [2.05, 4.69) is 38.2 Å². The molecular weight excluding hydrogens is 538 g/mol. The van der Waals surface area contributed by atoms with E-state index in [1.807, 2.05) is 26.8 Å². The summed E-state index contributed by atoms with van der Waals surface area (Å²) in [5, 5.41) is 13.6. The molecule has 39 heavy (non-hydrogen) atoms. The minimum absolute atomic E-state index is 0.153. The van der Waals surface area contributed by atoms with Crippen LogP contribution in [0, 0.1) is 0 Å². The lowest BCUT2D eigenvalue weighted by molar-refractivity contribution is -0.122. The van der Waals surface area contributed by atoms with Crippen molar-refractivity contribution in [2.24, 2.45) is 0 Å². The summed E-state index contributed by atoms with van der Waals surface area (Å²) in [4.78, 5) is 47.9. The summed E-state index contributed by atoms with van der Waals surface area (Å²) >= 11 is 7.65. The van der Waals surface area contributed by atoms with E-state index in [-0.39, 0.29) is 36.0 Å². The number of carbonyl (C=O) groups is 3. The van der Waals surface area contributed by atoms with E-state index in [0.717, 1.165) is 36.1 Å². The maximum Gasteiger partial charge on any atom is 0.317 e. The van der Waals surface area contributed by atoms with E-state index in [9.17, 15) is 14.4 Å². The minimum Gasteiger partial charge on any atom is -0.368 e. The second-order valence-corrected chi connectivity index (χ2v) is 13.2. The number of aromatic nitrogens is 1. The molecular formula is C27H36ClN7O3S. The topological polar surface area (TPSA) is 122 Å². The molecule has 1 fully saturated rings. The number of H-pyrrole nitrogens is 1. The van der Waals surface area contributed by atoms with Gasteiger partial charge in [-0.3, -0.25) is 9.59 Å². The molecule has 0 aliphatic carbocycles. The van der Waals surface area contributed by atoms with Gasteiger partial charge in [0.1, 0.15) is 5.69 Å². The van der Waals surface area contributed by atoms with E-state index in [0.29, 0.717) is 23.7 Å². The molecule has 0 bridgehead atoms. The highest BCUT2D eigenvalue weighted by molar-refractivity contribution is 8.04. The van der Waals surface area contributed by atoms with Crippen LogP contribution in [-0.4, -0.2) is 88.9 Å². The van der Waals surface area contributed by atoms with Gasteiger partial charge in [-0.25, -0.2) is 4.79 Å². The Balaban J connectivity index is 1.29. The number of likely N-dealkylation sites (tertiary alicyclic amines) is 1. The van der Waals surface area contributed by atoms with Crippen molar-refractivity contribution in [3.63, 3.8) is 0 Å². The standard InChI is InChI=1S/C27H36ClN7O3S/c1-27(2,3)33-26(38)35-10-8-18(30-23(36)20-12-15-11-16(28)5-6-17(15)29-20)21(13-35)31-24(37)25-32-19-7-9-34(4)14-22(19)39-25/h5-6,11-12,18,21,25,29,32H,7-10,13-14H2,1-4H3,(H,30,36)(H,31,37)(H,33,38)/t18-,21+,25?/m0/s1. The third kappa shape index (κ3) is 6.47. The summed E-state index contributed by atoms with van der Waals surface area (Å²) in [5.74, 6) is -0.424. The van der Waals surface area contributed by atoms with Crippen LogP contribution in [0.4, 0.5) is 4.79 Å². The number of fused-ring (bicyclic) bond motifs is 1. The largest absolute Gasteiger partial charge is 0.368 e. The second kappa shape index (κ2) is 10.9. The van der Waals surface area contributed by atoms with Crippen LogP contribution in [0.5, 0.6) is 0 Å². The van der Waals surface area contributed by atoms with Crippen molar-refractivity contribution < 1.29 is 14.4 Å². The van der Waals surface area contributed by atoms with E-state index in [1.54, 1.807) is 34.9 Å². The molecule has 3 atom stereocenters. The van der Waals surface area contributed by atoms with Gasteiger partial charge in [-0.1, -0.05) is 23.4 Å². The van der Waals surface area contributed by atoms with Crippen LogP contribution in [0.3, 0.4) is 0 Å². The molecule has 1 saturated heterocycles. The van der Waals surface area contributed by atoms with Gasteiger partial charge in [0, 0.05) is 64.7 Å². The Morgan fingerprint density at radius 1 is 1.10 bits per heavy atom. The lowest BCUT2D eigenvalue weighted by atomic mass is 9.98. The number of halogens is 1. The smallest absolute Gasteiger partial charge is 0.317 e. The zero-order valence-electron chi connectivity index (χ0n) is 22.7. The Labute approximate surface area is 237 Å². The fourth-order valence-electron chi connectivity index (χ4n) is 5.16. The SMILES string of the molecule is CN1CCC2=C(C1)SC(C(=O)N[C@@H]1CN(C(=O)NC(C)(C)C)CC[C@@H]1NC(=O)c1cc3cc(Cl)ccc3[nH]1)N2. The minimum atomic E-state index is -0.456. The molecule has 0 spiro atoms. The highest BCUT2D eigenvalue weighted by atomic mass is 35.5. The fraction of sp³-hybridized carbons (Fsp3) is 0.519. The normalized spacial score (nSPS) is 23.8. The summed E-state index contributed by atoms with van der Waals surface area (Å²) in [6.07, 6.45) is 1.40. The first-order chi connectivity index (χ1) is 18.4. The van der Waals surface area contributed by atoms with E-state index >= 15 is 0 Å². The highest BCUT2D eigenvalue weighted by Gasteiger charge is 2.38. The number of carbonyl (C=O) groups excluding carboxylic acids is 3. The Bertz CT molecular complexity index is 1320. The third-order valence-corrected chi connectivity index (χ3v) is 8.61. The van der Waals surface area contributed by atoms with Gasteiger partial charge >= 0.3 is 6.03 Å². The molecule has 1 aromatic carbocycles. The van der Waals surface area contributed by atoms with Crippen molar-refractivity contribution in [2.75, 3.05) is 33.2 Å². The number of urea groups is 1. The van der Waals surface area contributed by atoms with E-state index in [4.69, 9.17) is 11.6 Å². The van der Waals surface area contributed by atoms with E-state index in [1.165, 1.54) is 4.91 Å². The van der Waals surface area contributed by atoms with Crippen molar-refractivity contribution >= 4 is 52.1 Å². The number of aromatic amines is 1. The maximum atomic E-state index is 13.4. The maximum absolute atomic E-state index is 13.4. The molecule has 4 heterocycles. The van der Waals surface area contributed by atoms with Gasteiger partial charge in [-0.15, -0.1) is 0 Å². The van der Waals surface area contributed by atoms with Gasteiger partial charge in [0.05, 0.1) is 12.1 Å². The number of benzene rings is 1. The van der Waals surface area contributed by atoms with E-state index < -0.39 is 11.4 Å². The average Bonchev–Trinajstić information content (AvgIpc) is 3.47. The van der Waals surface area contributed by atoms with Crippen molar-refractivity contribution in [1.82, 2.24) is 36.1 Å². The molecule has 0 saturated carbocycles. The first-order valence-corrected chi connectivity index (χ1v) is 14.5. The molecule has 210 valence electrons. The van der Waals surface area contributed by atoms with Crippen LogP contribution in [0.15, 0.2) is 34.9 Å². The summed E-state index contributed by atoms with van der Waals surface area (Å²) in [5.41, 5.74) is 1.98. The van der Waals surface area contributed by atoms with Crippen molar-refractivity contribution in [3.8, 4) is 0 Å². The van der Waals surface area contributed by atoms with Crippen molar-refractivity contribution in [3.05, 3.63) is 45.6 Å². The number of likely N-dealkylation sites (N-methyl/N-ethyl adjacent to an activating group) is 1. The Kier molecular flexibility index (Phi) is 7.76. The van der Waals surface area contributed by atoms with Gasteiger partial charge in [-0.05, 0) is 58.5 Å². The van der Waals surface area contributed by atoms with Crippen molar-refractivity contribution in [1.29, 1.82) is 0 Å². The predicted molar refractivity (Wildman–Crippen MR) is 155 cm³/mol. The Morgan fingerprint density at radius 3 is 2.67 bits per heavy atom. The number of hydrogen-bond donors (Lipinski definition) is 5. The van der Waals surface area contributed by atoms with Crippen LogP contribution in [0.2, 0.25) is 5.02 Å². The first-order valence-electron chi connectivity index (χ1n) is 13.3. The third-order valence-electron chi connectivity index (χ3n) is 7.15. The van der Waals surface area contributed by atoms with Gasteiger partial charge in [0.25, 0.3) is 11.8 Å². The molecule has 5 N–H and O–H groups in total. The number of nitrogens with zero attached hydrogens (tertiary/aromatic N) is 2. The monoisotopic (exact) mass is 573 g/mol. The second-order valence-electron chi connectivity index (χ2n) is 11.6. The molecule has 1 aromatic heterocycles. The molecule has 3 aliphatic heterocycles. The number of amides is 4. The van der Waals surface area contributed by atoms with Gasteiger partial charge in [0.2, 0.25) is 0 Å². The van der Waals surface area contributed by atoms with Crippen molar-refractivity contribution in [2.45, 2.75) is 56.6 Å². The molecule has 0 radical (unpaired) electrons. The summed E-state index contributed by atoms with van der Waals surface area (Å²) < 4.78 is 0. The first kappa shape index (κ1) is 27.7. The Morgan fingerprint density at radius 2 is 1.90 bits per heavy atom. The lowest BCUT2D eigenvalue weighted by Gasteiger charge is -2.40. The molecule has 5 rings (SSSR count). The molecule has 4 amide bonds. The number of piperidine rings is 1.